The Bertz CT molecular complexity index is 575. The molecule has 0 saturated carbocycles. The molecule has 1 aromatic carbocycles. The highest BCUT2D eigenvalue weighted by atomic mass is 35.5. The van der Waals surface area contributed by atoms with Gasteiger partial charge in [-0.2, -0.15) is 0 Å². The molecule has 4 heteroatoms. The second kappa shape index (κ2) is 5.08. The SMILES string of the molecule is CC1OCCC1Sc1ccc2nccc(Cl)c2c1. The Morgan fingerprint density at radius 3 is 3.06 bits per heavy atom. The van der Waals surface area contributed by atoms with Crippen LogP contribution >= 0.6 is 23.4 Å². The van der Waals surface area contributed by atoms with E-state index in [4.69, 9.17) is 16.3 Å². The summed E-state index contributed by atoms with van der Waals surface area (Å²) >= 11 is 8.07. The van der Waals surface area contributed by atoms with E-state index in [-0.39, 0.29) is 0 Å². The van der Waals surface area contributed by atoms with E-state index in [1.54, 1.807) is 6.20 Å². The third kappa shape index (κ3) is 2.35. The number of pyridine rings is 1. The molecule has 94 valence electrons. The molecule has 1 aliphatic heterocycles. The minimum atomic E-state index is 0.329. The maximum Gasteiger partial charge on any atom is 0.0717 e. The van der Waals surface area contributed by atoms with Crippen molar-refractivity contribution in [1.29, 1.82) is 0 Å². The van der Waals surface area contributed by atoms with E-state index in [1.165, 1.54) is 4.90 Å². The lowest BCUT2D eigenvalue weighted by Crippen LogP contribution is -2.12. The zero-order chi connectivity index (χ0) is 12.5. The number of aromatic nitrogens is 1. The predicted molar refractivity (Wildman–Crippen MR) is 76.4 cm³/mol. The number of hydrogen-bond donors (Lipinski definition) is 0. The molecule has 3 rings (SSSR count). The topological polar surface area (TPSA) is 22.1 Å². The van der Waals surface area contributed by atoms with E-state index in [0.29, 0.717) is 11.4 Å². The smallest absolute Gasteiger partial charge is 0.0717 e. The van der Waals surface area contributed by atoms with E-state index < -0.39 is 0 Å². The van der Waals surface area contributed by atoms with Crippen LogP contribution in [-0.4, -0.2) is 22.9 Å². The Kier molecular flexibility index (Phi) is 3.46. The van der Waals surface area contributed by atoms with Crippen LogP contribution in [0.15, 0.2) is 35.4 Å². The number of nitrogens with zero attached hydrogens (tertiary/aromatic N) is 1. The molecule has 0 radical (unpaired) electrons. The summed E-state index contributed by atoms with van der Waals surface area (Å²) in [6.07, 6.45) is 3.18. The first-order valence-electron chi connectivity index (χ1n) is 6.06. The highest BCUT2D eigenvalue weighted by molar-refractivity contribution is 8.00. The molecule has 0 aliphatic carbocycles. The van der Waals surface area contributed by atoms with Crippen LogP contribution in [0.3, 0.4) is 0 Å². The summed E-state index contributed by atoms with van der Waals surface area (Å²) < 4.78 is 5.59. The van der Waals surface area contributed by atoms with Gasteiger partial charge >= 0.3 is 0 Å². The van der Waals surface area contributed by atoms with Crippen molar-refractivity contribution in [2.24, 2.45) is 0 Å². The summed E-state index contributed by atoms with van der Waals surface area (Å²) in [6.45, 7) is 3.01. The van der Waals surface area contributed by atoms with Gasteiger partial charge in [0.15, 0.2) is 0 Å². The molecule has 2 atom stereocenters. The molecule has 2 aromatic rings. The van der Waals surface area contributed by atoms with E-state index in [0.717, 1.165) is 29.0 Å². The molecule has 1 fully saturated rings. The first-order chi connectivity index (χ1) is 8.74. The van der Waals surface area contributed by atoms with Crippen LogP contribution in [0.2, 0.25) is 5.02 Å². The second-order valence-corrected chi connectivity index (χ2v) is 6.21. The van der Waals surface area contributed by atoms with Crippen LogP contribution in [-0.2, 0) is 4.74 Å². The molecule has 2 heterocycles. The van der Waals surface area contributed by atoms with Crippen molar-refractivity contribution in [3.8, 4) is 0 Å². The van der Waals surface area contributed by atoms with Gasteiger partial charge in [0.05, 0.1) is 16.6 Å². The van der Waals surface area contributed by atoms with Gasteiger partial charge in [0.2, 0.25) is 0 Å². The standard InChI is InChI=1S/C14H14ClNOS/c1-9-14(5-7-17-9)18-10-2-3-13-11(8-10)12(15)4-6-16-13/h2-4,6,8-9,14H,5,7H2,1H3. The zero-order valence-corrected chi connectivity index (χ0v) is 11.7. The number of halogens is 1. The first kappa shape index (κ1) is 12.3. The van der Waals surface area contributed by atoms with Crippen LogP contribution in [0.1, 0.15) is 13.3 Å². The number of fused-ring (bicyclic) bond motifs is 1. The molecule has 0 N–H and O–H groups in total. The lowest BCUT2D eigenvalue weighted by molar-refractivity contribution is 0.127. The monoisotopic (exact) mass is 279 g/mol. The van der Waals surface area contributed by atoms with Crippen molar-refractivity contribution in [3.05, 3.63) is 35.5 Å². The van der Waals surface area contributed by atoms with Crippen LogP contribution in [0.25, 0.3) is 10.9 Å². The summed E-state index contributed by atoms with van der Waals surface area (Å²) in [7, 11) is 0. The van der Waals surface area contributed by atoms with E-state index in [9.17, 15) is 0 Å². The minimum Gasteiger partial charge on any atom is -0.377 e. The first-order valence-corrected chi connectivity index (χ1v) is 7.32. The van der Waals surface area contributed by atoms with Crippen molar-refractivity contribution in [3.63, 3.8) is 0 Å². The summed E-state index contributed by atoms with van der Waals surface area (Å²) in [4.78, 5) is 5.55. The quantitative estimate of drug-likeness (QED) is 0.824. The van der Waals surface area contributed by atoms with Crippen molar-refractivity contribution in [2.75, 3.05) is 6.61 Å². The van der Waals surface area contributed by atoms with Gasteiger partial charge in [0.1, 0.15) is 0 Å². The molecular formula is C14H14ClNOS. The van der Waals surface area contributed by atoms with Crippen molar-refractivity contribution < 1.29 is 4.74 Å². The van der Waals surface area contributed by atoms with Gasteiger partial charge in [-0.1, -0.05) is 11.6 Å². The Morgan fingerprint density at radius 1 is 1.39 bits per heavy atom. The third-order valence-electron chi connectivity index (χ3n) is 3.25. The fraction of sp³-hybridized carbons (Fsp3) is 0.357. The van der Waals surface area contributed by atoms with Gasteiger partial charge < -0.3 is 4.74 Å². The summed E-state index contributed by atoms with van der Waals surface area (Å²) in [6, 6.07) is 8.10. The summed E-state index contributed by atoms with van der Waals surface area (Å²) in [5, 5.41) is 2.33. The van der Waals surface area contributed by atoms with Gasteiger partial charge in [0.25, 0.3) is 0 Å². The highest BCUT2D eigenvalue weighted by Crippen LogP contribution is 2.34. The molecule has 2 nitrogen and oxygen atoms in total. The number of ether oxygens (including phenoxy) is 1. The van der Waals surface area contributed by atoms with Gasteiger partial charge in [-0.25, -0.2) is 0 Å². The minimum absolute atomic E-state index is 0.329. The fourth-order valence-electron chi connectivity index (χ4n) is 2.21. The number of benzene rings is 1. The molecule has 1 aromatic heterocycles. The Hall–Kier alpha value is -0.770. The zero-order valence-electron chi connectivity index (χ0n) is 10.1. The molecule has 0 bridgehead atoms. The van der Waals surface area contributed by atoms with Crippen molar-refractivity contribution >= 4 is 34.3 Å². The predicted octanol–water partition coefficient (Wildman–Crippen LogP) is 4.16. The molecular weight excluding hydrogens is 266 g/mol. The summed E-state index contributed by atoms with van der Waals surface area (Å²) in [5.74, 6) is 0. The Balaban J connectivity index is 1.91. The van der Waals surface area contributed by atoms with Gasteiger partial charge in [-0.15, -0.1) is 11.8 Å². The number of rotatable bonds is 2. The fourth-order valence-corrected chi connectivity index (χ4v) is 3.58. The van der Waals surface area contributed by atoms with E-state index in [1.807, 2.05) is 23.9 Å². The Labute approximate surface area is 116 Å². The lowest BCUT2D eigenvalue weighted by Gasteiger charge is -2.13. The highest BCUT2D eigenvalue weighted by Gasteiger charge is 2.25. The van der Waals surface area contributed by atoms with E-state index >= 15 is 0 Å². The van der Waals surface area contributed by atoms with Crippen molar-refractivity contribution in [2.45, 2.75) is 29.6 Å². The van der Waals surface area contributed by atoms with Crippen molar-refractivity contribution in [1.82, 2.24) is 4.98 Å². The molecule has 0 spiro atoms. The third-order valence-corrected chi connectivity index (χ3v) is 5.03. The average Bonchev–Trinajstić information content (AvgIpc) is 2.76. The van der Waals surface area contributed by atoms with Gasteiger partial charge in [-0.3, -0.25) is 4.98 Å². The Morgan fingerprint density at radius 2 is 2.28 bits per heavy atom. The molecule has 1 saturated heterocycles. The molecule has 18 heavy (non-hydrogen) atoms. The summed E-state index contributed by atoms with van der Waals surface area (Å²) in [5.41, 5.74) is 0.947. The molecule has 1 aliphatic rings. The largest absolute Gasteiger partial charge is 0.377 e. The second-order valence-electron chi connectivity index (χ2n) is 4.49. The van der Waals surface area contributed by atoms with Gasteiger partial charge in [-0.05, 0) is 37.6 Å². The molecule has 2 unspecified atom stereocenters. The van der Waals surface area contributed by atoms with Crippen LogP contribution in [0.5, 0.6) is 0 Å². The maximum atomic E-state index is 6.20. The maximum absolute atomic E-state index is 6.20. The lowest BCUT2D eigenvalue weighted by atomic mass is 10.2. The average molecular weight is 280 g/mol. The number of hydrogen-bond acceptors (Lipinski definition) is 3. The van der Waals surface area contributed by atoms with E-state index in [2.05, 4.69) is 24.0 Å². The molecule has 0 amide bonds. The van der Waals surface area contributed by atoms with Gasteiger partial charge in [0, 0.05) is 28.3 Å². The van der Waals surface area contributed by atoms with Crippen LogP contribution in [0, 0.1) is 0 Å². The van der Waals surface area contributed by atoms with Crippen LogP contribution < -0.4 is 0 Å². The van der Waals surface area contributed by atoms with Crippen LogP contribution in [0.4, 0.5) is 0 Å². The number of thioether (sulfide) groups is 1. The normalized spacial score (nSPS) is 23.7.